The summed E-state index contributed by atoms with van der Waals surface area (Å²) in [5.74, 6) is -0.270. The molecular weight excluding hydrogens is 290 g/mol. The number of nitrogens with two attached hydrogens (primary N) is 1. The van der Waals surface area contributed by atoms with Crippen LogP contribution in [0.25, 0.3) is 0 Å². The molecule has 0 bridgehead atoms. The van der Waals surface area contributed by atoms with Crippen molar-refractivity contribution in [3.8, 4) is 0 Å². The van der Waals surface area contributed by atoms with Gasteiger partial charge in [0.2, 0.25) is 11.8 Å². The van der Waals surface area contributed by atoms with Gasteiger partial charge in [0.05, 0.1) is 6.54 Å². The zero-order valence-electron chi connectivity index (χ0n) is 13.3. The Morgan fingerprint density at radius 3 is 2.30 bits per heavy atom. The Labute approximate surface area is 135 Å². The maximum absolute atomic E-state index is 12.0. The van der Waals surface area contributed by atoms with Gasteiger partial charge in [0, 0.05) is 16.9 Å². The lowest BCUT2D eigenvalue weighted by atomic mass is 10.0. The molecular formula is C18H21N3O2. The quantitative estimate of drug-likeness (QED) is 0.767. The summed E-state index contributed by atoms with van der Waals surface area (Å²) < 4.78 is 0. The molecule has 0 unspecified atom stereocenters. The van der Waals surface area contributed by atoms with Gasteiger partial charge in [-0.25, -0.2) is 0 Å². The van der Waals surface area contributed by atoms with E-state index in [-0.39, 0.29) is 12.5 Å². The summed E-state index contributed by atoms with van der Waals surface area (Å²) in [6.07, 6.45) is 0. The summed E-state index contributed by atoms with van der Waals surface area (Å²) in [6, 6.07) is 14.4. The molecule has 0 heterocycles. The molecule has 5 nitrogen and oxygen atoms in total. The topological polar surface area (TPSA) is 84.2 Å². The van der Waals surface area contributed by atoms with Crippen LogP contribution in [0.4, 0.5) is 11.4 Å². The van der Waals surface area contributed by atoms with E-state index in [4.69, 9.17) is 5.73 Å². The van der Waals surface area contributed by atoms with Crippen molar-refractivity contribution in [1.82, 2.24) is 0 Å². The van der Waals surface area contributed by atoms with Crippen molar-refractivity contribution in [3.63, 3.8) is 0 Å². The van der Waals surface area contributed by atoms with E-state index in [9.17, 15) is 9.59 Å². The molecule has 0 aliphatic heterocycles. The first-order chi connectivity index (χ1) is 11.0. The Morgan fingerprint density at radius 2 is 1.70 bits per heavy atom. The number of amides is 2. The van der Waals surface area contributed by atoms with Crippen LogP contribution >= 0.6 is 0 Å². The molecule has 2 aromatic rings. The summed E-state index contributed by atoms with van der Waals surface area (Å²) in [4.78, 5) is 23.0. The summed E-state index contributed by atoms with van der Waals surface area (Å²) in [5, 5.41) is 5.93. The third kappa shape index (κ3) is 4.57. The van der Waals surface area contributed by atoms with Crippen LogP contribution in [0.15, 0.2) is 48.5 Å². The van der Waals surface area contributed by atoms with Gasteiger partial charge < -0.3 is 16.4 Å². The predicted octanol–water partition coefficient (Wildman–Crippen LogP) is 2.96. The van der Waals surface area contributed by atoms with Gasteiger partial charge in [-0.05, 0) is 41.8 Å². The lowest BCUT2D eigenvalue weighted by molar-refractivity contribution is -0.114. The maximum atomic E-state index is 12.0. The second kappa shape index (κ2) is 7.45. The van der Waals surface area contributed by atoms with E-state index in [2.05, 4.69) is 24.5 Å². The zero-order valence-corrected chi connectivity index (χ0v) is 13.3. The number of para-hydroxylation sites is 1. The largest absolute Gasteiger partial charge is 0.376 e. The van der Waals surface area contributed by atoms with Gasteiger partial charge in [0.1, 0.15) is 0 Å². The van der Waals surface area contributed by atoms with Crippen LogP contribution in [-0.2, 0) is 4.79 Å². The number of anilines is 2. The van der Waals surface area contributed by atoms with E-state index in [1.54, 1.807) is 24.3 Å². The minimum Gasteiger partial charge on any atom is -0.376 e. The van der Waals surface area contributed by atoms with E-state index in [1.165, 1.54) is 5.56 Å². The number of hydrogen-bond donors (Lipinski definition) is 3. The first-order valence-corrected chi connectivity index (χ1v) is 7.50. The first-order valence-electron chi connectivity index (χ1n) is 7.50. The van der Waals surface area contributed by atoms with Gasteiger partial charge in [-0.1, -0.05) is 32.0 Å². The Hall–Kier alpha value is -2.82. The van der Waals surface area contributed by atoms with Gasteiger partial charge in [0.25, 0.3) is 0 Å². The highest BCUT2D eigenvalue weighted by atomic mass is 16.2. The van der Waals surface area contributed by atoms with Crippen molar-refractivity contribution in [2.45, 2.75) is 19.8 Å². The molecule has 0 aliphatic carbocycles. The van der Waals surface area contributed by atoms with Crippen molar-refractivity contribution in [3.05, 3.63) is 59.7 Å². The van der Waals surface area contributed by atoms with Gasteiger partial charge >= 0.3 is 0 Å². The van der Waals surface area contributed by atoms with Gasteiger partial charge in [-0.15, -0.1) is 0 Å². The van der Waals surface area contributed by atoms with Crippen LogP contribution in [-0.4, -0.2) is 18.4 Å². The molecule has 5 heteroatoms. The second-order valence-electron chi connectivity index (χ2n) is 5.59. The summed E-state index contributed by atoms with van der Waals surface area (Å²) >= 11 is 0. The molecule has 0 atom stereocenters. The number of rotatable bonds is 6. The number of nitrogens with one attached hydrogen (secondary N) is 2. The van der Waals surface area contributed by atoms with Crippen molar-refractivity contribution >= 4 is 23.2 Å². The average Bonchev–Trinajstić information content (AvgIpc) is 2.53. The van der Waals surface area contributed by atoms with Crippen LogP contribution < -0.4 is 16.4 Å². The van der Waals surface area contributed by atoms with E-state index >= 15 is 0 Å². The number of carbonyl (C=O) groups is 2. The smallest absolute Gasteiger partial charge is 0.248 e. The Bertz CT molecular complexity index is 694. The standard InChI is InChI=1S/C18H21N3O2/c1-12(2)15-5-3-4-6-16(15)20-11-17(22)21-14-9-7-13(8-10-14)18(19)23/h3-10,12,20H,11H2,1-2H3,(H2,19,23)(H,21,22). The third-order valence-corrected chi connectivity index (χ3v) is 3.48. The van der Waals surface area contributed by atoms with Crippen LogP contribution in [0.2, 0.25) is 0 Å². The average molecular weight is 311 g/mol. The monoisotopic (exact) mass is 311 g/mol. The van der Waals surface area contributed by atoms with Crippen molar-refractivity contribution in [2.24, 2.45) is 5.73 Å². The number of benzene rings is 2. The first kappa shape index (κ1) is 16.5. The van der Waals surface area contributed by atoms with E-state index in [1.807, 2.05) is 24.3 Å². The summed E-state index contributed by atoms with van der Waals surface area (Å²) in [5.41, 5.74) is 8.34. The lowest BCUT2D eigenvalue weighted by Gasteiger charge is -2.14. The van der Waals surface area contributed by atoms with Gasteiger partial charge in [-0.2, -0.15) is 0 Å². The summed E-state index contributed by atoms with van der Waals surface area (Å²) in [6.45, 7) is 4.39. The van der Waals surface area contributed by atoms with E-state index in [0.717, 1.165) is 5.69 Å². The Kier molecular flexibility index (Phi) is 5.36. The predicted molar refractivity (Wildman–Crippen MR) is 92.6 cm³/mol. The lowest BCUT2D eigenvalue weighted by Crippen LogP contribution is -2.22. The number of carbonyl (C=O) groups excluding carboxylic acids is 2. The highest BCUT2D eigenvalue weighted by Gasteiger charge is 2.08. The van der Waals surface area contributed by atoms with Crippen molar-refractivity contribution in [1.29, 1.82) is 0 Å². The maximum Gasteiger partial charge on any atom is 0.248 e. The number of primary amides is 1. The van der Waals surface area contributed by atoms with Crippen LogP contribution in [0.5, 0.6) is 0 Å². The number of hydrogen-bond acceptors (Lipinski definition) is 3. The third-order valence-electron chi connectivity index (χ3n) is 3.48. The fourth-order valence-corrected chi connectivity index (χ4v) is 2.26. The molecule has 0 saturated heterocycles. The molecule has 23 heavy (non-hydrogen) atoms. The highest BCUT2D eigenvalue weighted by Crippen LogP contribution is 2.23. The fraction of sp³-hybridized carbons (Fsp3) is 0.222. The molecule has 0 fully saturated rings. The normalized spacial score (nSPS) is 10.4. The van der Waals surface area contributed by atoms with E-state index in [0.29, 0.717) is 17.2 Å². The molecule has 2 amide bonds. The van der Waals surface area contributed by atoms with Crippen LogP contribution in [0.1, 0.15) is 35.7 Å². The minimum absolute atomic E-state index is 0.157. The van der Waals surface area contributed by atoms with Gasteiger partial charge in [-0.3, -0.25) is 9.59 Å². The molecule has 0 saturated carbocycles. The molecule has 4 N–H and O–H groups in total. The molecule has 0 radical (unpaired) electrons. The van der Waals surface area contributed by atoms with Crippen molar-refractivity contribution in [2.75, 3.05) is 17.2 Å². The summed E-state index contributed by atoms with van der Waals surface area (Å²) in [7, 11) is 0. The Balaban J connectivity index is 1.94. The van der Waals surface area contributed by atoms with Gasteiger partial charge in [0.15, 0.2) is 0 Å². The molecule has 0 aromatic heterocycles. The molecule has 2 aromatic carbocycles. The van der Waals surface area contributed by atoms with E-state index < -0.39 is 5.91 Å². The second-order valence-corrected chi connectivity index (χ2v) is 5.59. The van der Waals surface area contributed by atoms with Crippen LogP contribution in [0.3, 0.4) is 0 Å². The molecule has 0 spiro atoms. The SMILES string of the molecule is CC(C)c1ccccc1NCC(=O)Nc1ccc(C(N)=O)cc1. The van der Waals surface area contributed by atoms with Crippen LogP contribution in [0, 0.1) is 0 Å². The Morgan fingerprint density at radius 1 is 1.04 bits per heavy atom. The molecule has 0 aliphatic rings. The van der Waals surface area contributed by atoms with Crippen molar-refractivity contribution < 1.29 is 9.59 Å². The minimum atomic E-state index is -0.491. The fourth-order valence-electron chi connectivity index (χ4n) is 2.26. The molecule has 2 rings (SSSR count). The zero-order chi connectivity index (χ0) is 16.8. The highest BCUT2D eigenvalue weighted by molar-refractivity contribution is 5.96. The molecule has 120 valence electrons.